The van der Waals surface area contributed by atoms with Gasteiger partial charge in [-0.05, 0) is 50.5 Å². The number of Topliss-reactive ketones (excluding diaryl/α,β-unsaturated/α-hetero) is 1. The molecule has 10 heteroatoms. The molecule has 5 aliphatic rings. The van der Waals surface area contributed by atoms with Crippen molar-refractivity contribution in [2.75, 3.05) is 6.61 Å². The normalized spacial score (nSPS) is 41.7. The second kappa shape index (κ2) is 10.2. The van der Waals surface area contributed by atoms with Crippen LogP contribution < -0.4 is 0 Å². The zero-order valence-electron chi connectivity index (χ0n) is 26.5. The van der Waals surface area contributed by atoms with Crippen molar-refractivity contribution in [2.45, 2.75) is 122 Å². The van der Waals surface area contributed by atoms with E-state index in [1.54, 1.807) is 51.1 Å². The van der Waals surface area contributed by atoms with Gasteiger partial charge in [-0.1, -0.05) is 45.9 Å². The zero-order valence-corrected chi connectivity index (χ0v) is 26.5. The van der Waals surface area contributed by atoms with Crippen molar-refractivity contribution in [3.63, 3.8) is 0 Å². The number of benzene rings is 1. The molecule has 0 radical (unpaired) electrons. The summed E-state index contributed by atoms with van der Waals surface area (Å²) in [5.74, 6) is -3.65. The van der Waals surface area contributed by atoms with Gasteiger partial charge >= 0.3 is 11.9 Å². The Morgan fingerprint density at radius 3 is 2.36 bits per heavy atom. The number of hydrogen-bond acceptors (Lipinski definition) is 10. The topological polar surface area (TPSA) is 138 Å². The lowest BCUT2D eigenvalue weighted by Crippen LogP contribution is -2.82. The Hall–Kier alpha value is -2.63. The fourth-order valence-corrected chi connectivity index (χ4v) is 8.79. The highest BCUT2D eigenvalue weighted by atomic mass is 16.8. The van der Waals surface area contributed by atoms with Gasteiger partial charge < -0.3 is 33.9 Å². The van der Waals surface area contributed by atoms with Crippen LogP contribution in [0.25, 0.3) is 0 Å². The third-order valence-corrected chi connectivity index (χ3v) is 11.2. The van der Waals surface area contributed by atoms with Gasteiger partial charge in [0.05, 0.1) is 30.3 Å². The molecule has 0 spiro atoms. The number of carbonyl (C=O) groups excluding carboxylic acids is 3. The van der Waals surface area contributed by atoms with E-state index in [0.717, 1.165) is 0 Å². The third-order valence-electron chi connectivity index (χ3n) is 11.2. The van der Waals surface area contributed by atoms with Crippen molar-refractivity contribution >= 4 is 17.7 Å². The molecule has 2 saturated heterocycles. The van der Waals surface area contributed by atoms with E-state index in [-0.39, 0.29) is 37.2 Å². The lowest BCUT2D eigenvalue weighted by atomic mass is 9.44. The number of rotatable bonds is 5. The molecular weight excluding hydrogens is 568 g/mol. The second-order valence-electron chi connectivity index (χ2n) is 14.4. The molecule has 0 aromatic heterocycles. The van der Waals surface area contributed by atoms with Crippen LogP contribution >= 0.6 is 0 Å². The average molecular weight is 613 g/mol. The van der Waals surface area contributed by atoms with Crippen LogP contribution in [0.1, 0.15) is 84.5 Å². The van der Waals surface area contributed by atoms with Crippen LogP contribution in [0.15, 0.2) is 41.5 Å². The first-order chi connectivity index (χ1) is 20.5. The number of allylic oxidation sites excluding steroid dienone is 1. The second-order valence-corrected chi connectivity index (χ2v) is 14.4. The van der Waals surface area contributed by atoms with E-state index in [4.69, 9.17) is 23.7 Å². The molecule has 4 fully saturated rings. The highest BCUT2D eigenvalue weighted by Gasteiger charge is 2.79. The van der Waals surface area contributed by atoms with Gasteiger partial charge in [0, 0.05) is 30.1 Å². The number of hydrogen-bond donors (Lipinski definition) is 2. The minimum absolute atomic E-state index is 0.0344. The molecule has 2 N–H and O–H groups in total. The number of carbonyl (C=O) groups is 3. The summed E-state index contributed by atoms with van der Waals surface area (Å²) < 4.78 is 31.9. The molecule has 2 heterocycles. The number of aliphatic hydroxyl groups is 2. The molecule has 2 bridgehead atoms. The third kappa shape index (κ3) is 4.21. The van der Waals surface area contributed by atoms with Gasteiger partial charge in [0.15, 0.2) is 17.2 Å². The van der Waals surface area contributed by atoms with Crippen molar-refractivity contribution in [3.8, 4) is 0 Å². The van der Waals surface area contributed by atoms with E-state index in [0.29, 0.717) is 17.6 Å². The van der Waals surface area contributed by atoms with Crippen LogP contribution in [0.5, 0.6) is 0 Å². The van der Waals surface area contributed by atoms with Crippen LogP contribution in [0.3, 0.4) is 0 Å². The van der Waals surface area contributed by atoms with E-state index in [1.807, 2.05) is 27.7 Å². The van der Waals surface area contributed by atoms with E-state index >= 15 is 0 Å². The van der Waals surface area contributed by atoms with Crippen LogP contribution in [0, 0.1) is 16.7 Å². The summed E-state index contributed by atoms with van der Waals surface area (Å²) in [4.78, 5) is 41.0. The van der Waals surface area contributed by atoms with Crippen molar-refractivity contribution < 1.29 is 48.3 Å². The first-order valence-electron chi connectivity index (χ1n) is 15.6. The van der Waals surface area contributed by atoms with Gasteiger partial charge in [-0.25, -0.2) is 4.79 Å². The van der Waals surface area contributed by atoms with Gasteiger partial charge in [-0.15, -0.1) is 0 Å². The van der Waals surface area contributed by atoms with Crippen molar-refractivity contribution in [1.82, 2.24) is 0 Å². The Kier molecular flexibility index (Phi) is 7.26. The largest absolute Gasteiger partial charge is 0.455 e. The van der Waals surface area contributed by atoms with Crippen LogP contribution in [0.4, 0.5) is 0 Å². The van der Waals surface area contributed by atoms with Crippen LogP contribution in [-0.2, 0) is 33.3 Å². The summed E-state index contributed by atoms with van der Waals surface area (Å²) in [5.41, 5.74) is -4.61. The lowest BCUT2D eigenvalue weighted by Gasteiger charge is -2.68. The Morgan fingerprint density at radius 2 is 1.75 bits per heavy atom. The van der Waals surface area contributed by atoms with Crippen LogP contribution in [0.2, 0.25) is 0 Å². The van der Waals surface area contributed by atoms with Gasteiger partial charge in [0.25, 0.3) is 0 Å². The highest BCUT2D eigenvalue weighted by Crippen LogP contribution is 2.66. The van der Waals surface area contributed by atoms with Gasteiger partial charge in [0.1, 0.15) is 23.9 Å². The minimum atomic E-state index is -1.99. The molecule has 2 saturated carbocycles. The van der Waals surface area contributed by atoms with Gasteiger partial charge in [-0.2, -0.15) is 0 Å². The molecule has 44 heavy (non-hydrogen) atoms. The van der Waals surface area contributed by atoms with Gasteiger partial charge in [-0.3, -0.25) is 9.59 Å². The molecule has 6 rings (SSSR count). The molecular formula is C34H44O10. The fourth-order valence-electron chi connectivity index (χ4n) is 8.79. The first-order valence-corrected chi connectivity index (χ1v) is 15.6. The van der Waals surface area contributed by atoms with E-state index in [1.165, 1.54) is 0 Å². The van der Waals surface area contributed by atoms with Crippen molar-refractivity contribution in [2.24, 2.45) is 16.7 Å². The molecule has 3 aliphatic carbocycles. The molecule has 0 amide bonds. The number of esters is 2. The minimum Gasteiger partial charge on any atom is -0.455 e. The fraction of sp³-hybridized carbons (Fsp3) is 0.676. The summed E-state index contributed by atoms with van der Waals surface area (Å²) >= 11 is 0. The average Bonchev–Trinajstić information content (AvgIpc) is 3.27. The molecule has 9 atom stereocenters. The maximum atomic E-state index is 13.9. The highest BCUT2D eigenvalue weighted by molar-refractivity contribution is 5.98. The van der Waals surface area contributed by atoms with E-state index in [9.17, 15) is 24.6 Å². The summed E-state index contributed by atoms with van der Waals surface area (Å²) in [6.07, 6.45) is -4.48. The maximum absolute atomic E-state index is 13.9. The van der Waals surface area contributed by atoms with E-state index < -0.39 is 76.2 Å². The molecule has 2 aliphatic heterocycles. The lowest BCUT2D eigenvalue weighted by molar-refractivity contribution is -0.361. The van der Waals surface area contributed by atoms with E-state index in [2.05, 4.69) is 0 Å². The van der Waals surface area contributed by atoms with Crippen molar-refractivity contribution in [3.05, 3.63) is 47.0 Å². The smallest absolute Gasteiger partial charge is 0.338 e. The summed E-state index contributed by atoms with van der Waals surface area (Å²) in [6.45, 7) is 12.6. The van der Waals surface area contributed by atoms with Gasteiger partial charge in [0.2, 0.25) is 0 Å². The van der Waals surface area contributed by atoms with Crippen molar-refractivity contribution in [1.29, 1.82) is 0 Å². The first kappa shape index (κ1) is 31.4. The standard InChI is InChI=1S/C34H44O10/c1-8-12-23(37)42-33-17-40-22(33)15-21(36)32(7)26(33)28(41-29(38)19-13-10-9-11-14-19)34(39)16-20(35)18(2)24(30(34,3)4)25-27(32)44-31(5,6)43-25/h9-11,13-14,21-22,25-28,36,39H,8,12,15-17H2,1-7H3/t21-,22+,25+,26-,27+,28-,32+,33-,34+/m0/s1. The Labute approximate surface area is 258 Å². The Bertz CT molecular complexity index is 1400. The zero-order chi connectivity index (χ0) is 32.0. The molecule has 240 valence electrons. The summed E-state index contributed by atoms with van der Waals surface area (Å²) in [7, 11) is 0. The van der Waals surface area contributed by atoms with Crippen LogP contribution in [-0.4, -0.2) is 82.1 Å². The predicted molar refractivity (Wildman–Crippen MR) is 156 cm³/mol. The Balaban J connectivity index is 1.65. The molecule has 1 aromatic carbocycles. The molecule has 0 unspecified atom stereocenters. The number of ketones is 1. The molecule has 1 aromatic rings. The molecule has 10 nitrogen and oxygen atoms in total. The maximum Gasteiger partial charge on any atom is 0.338 e. The summed E-state index contributed by atoms with van der Waals surface area (Å²) in [5, 5.41) is 25.1. The SMILES string of the molecule is CCCC(=O)O[C@@]12CO[C@@H]1C[C@H](O)[C@@]1(C)[C@@H]3OC(C)(C)O[C@@H]3C3=C(C)C(=O)C[C@@](O)([C@@H](OC(=O)c4ccccc4)[C@H]21)C3(C)C. The number of ether oxygens (including phenoxy) is 5. The number of fused-ring (bicyclic) bond motifs is 8. The quantitative estimate of drug-likeness (QED) is 0.474. The monoisotopic (exact) mass is 612 g/mol. The predicted octanol–water partition coefficient (Wildman–Crippen LogP) is 3.66. The summed E-state index contributed by atoms with van der Waals surface area (Å²) in [6, 6.07) is 8.40. The number of aliphatic hydroxyl groups excluding tert-OH is 1. The Morgan fingerprint density at radius 1 is 1.07 bits per heavy atom.